The largest absolute Gasteiger partial charge is 0.327 e. The first-order valence-electron chi connectivity index (χ1n) is 9.10. The Bertz CT molecular complexity index is 661. The third kappa shape index (κ3) is 5.26. The summed E-state index contributed by atoms with van der Waals surface area (Å²) >= 11 is 0. The predicted molar refractivity (Wildman–Crippen MR) is 99.1 cm³/mol. The van der Waals surface area contributed by atoms with Crippen LogP contribution in [0.5, 0.6) is 0 Å². The molecular formula is C18H30N3O3S+. The Morgan fingerprint density at radius 1 is 1.16 bits per heavy atom. The van der Waals surface area contributed by atoms with Gasteiger partial charge in [-0.25, -0.2) is 8.42 Å². The Morgan fingerprint density at radius 2 is 1.72 bits per heavy atom. The Morgan fingerprint density at radius 3 is 2.24 bits per heavy atom. The number of amides is 1. The minimum absolute atomic E-state index is 0.0242. The van der Waals surface area contributed by atoms with E-state index in [-0.39, 0.29) is 10.8 Å². The number of carbonyl (C=O) groups is 1. The van der Waals surface area contributed by atoms with Crippen LogP contribution in [-0.4, -0.2) is 51.4 Å². The molecule has 1 saturated heterocycles. The molecule has 25 heavy (non-hydrogen) atoms. The van der Waals surface area contributed by atoms with Crippen molar-refractivity contribution in [2.45, 2.75) is 38.5 Å². The van der Waals surface area contributed by atoms with Crippen molar-refractivity contribution in [1.29, 1.82) is 0 Å². The highest BCUT2D eigenvalue weighted by Crippen LogP contribution is 2.18. The molecule has 0 atom stereocenters. The van der Waals surface area contributed by atoms with E-state index in [2.05, 4.69) is 12.2 Å². The minimum atomic E-state index is -3.46. The van der Waals surface area contributed by atoms with E-state index in [1.54, 1.807) is 24.3 Å². The molecule has 0 radical (unpaired) electrons. The van der Waals surface area contributed by atoms with Crippen molar-refractivity contribution >= 4 is 21.6 Å². The summed E-state index contributed by atoms with van der Waals surface area (Å²) in [4.78, 5) is 13.8. The zero-order valence-electron chi connectivity index (χ0n) is 15.4. The first-order chi connectivity index (χ1) is 11.9. The second-order valence-electron chi connectivity index (χ2n) is 6.77. The number of carbonyl (C=O) groups excluding carboxylic acids is 1. The Labute approximate surface area is 151 Å². The molecular weight excluding hydrogens is 338 g/mol. The summed E-state index contributed by atoms with van der Waals surface area (Å²) in [7, 11) is -3.46. The molecule has 0 aromatic heterocycles. The van der Waals surface area contributed by atoms with Crippen LogP contribution in [-0.2, 0) is 14.8 Å². The van der Waals surface area contributed by atoms with Gasteiger partial charge in [0.05, 0.1) is 18.0 Å². The number of sulfonamides is 1. The summed E-state index contributed by atoms with van der Waals surface area (Å²) in [6.45, 7) is 9.31. The van der Waals surface area contributed by atoms with Gasteiger partial charge in [0.1, 0.15) is 0 Å². The number of hydrogen-bond donors (Lipinski definition) is 2. The van der Waals surface area contributed by atoms with Crippen molar-refractivity contribution in [3.05, 3.63) is 24.3 Å². The Hall–Kier alpha value is -1.44. The van der Waals surface area contributed by atoms with Crippen LogP contribution in [0.25, 0.3) is 0 Å². The second-order valence-corrected chi connectivity index (χ2v) is 8.71. The fraction of sp³-hybridized carbons (Fsp3) is 0.611. The summed E-state index contributed by atoms with van der Waals surface area (Å²) in [5, 5.41) is 2.87. The van der Waals surface area contributed by atoms with Crippen molar-refractivity contribution in [2.24, 2.45) is 5.92 Å². The average Bonchev–Trinajstić information content (AvgIpc) is 2.58. The molecule has 6 nitrogen and oxygen atoms in total. The van der Waals surface area contributed by atoms with Crippen LogP contribution in [0.15, 0.2) is 29.2 Å². The van der Waals surface area contributed by atoms with Gasteiger partial charge in [-0.15, -0.1) is 0 Å². The van der Waals surface area contributed by atoms with E-state index in [0.29, 0.717) is 25.3 Å². The van der Waals surface area contributed by atoms with Gasteiger partial charge in [-0.2, -0.15) is 4.31 Å². The lowest BCUT2D eigenvalue weighted by Gasteiger charge is -2.26. The third-order valence-corrected chi connectivity index (χ3v) is 6.94. The molecule has 2 rings (SSSR count). The Balaban J connectivity index is 1.95. The highest BCUT2D eigenvalue weighted by molar-refractivity contribution is 7.89. The van der Waals surface area contributed by atoms with Gasteiger partial charge >= 0.3 is 0 Å². The standard InChI is InChI=1S/C18H29N3O3S/c1-4-21(5-2)25(23,24)17-8-6-16(7-9-17)19-18(22)14-20-12-10-15(3)11-13-20/h6-9,15H,4-5,10-14H2,1-3H3,(H,19,22)/p+1. The summed E-state index contributed by atoms with van der Waals surface area (Å²) < 4.78 is 26.3. The molecule has 0 saturated carbocycles. The first-order valence-corrected chi connectivity index (χ1v) is 10.5. The van der Waals surface area contributed by atoms with E-state index in [4.69, 9.17) is 0 Å². The summed E-state index contributed by atoms with van der Waals surface area (Å²) in [5.41, 5.74) is 0.633. The fourth-order valence-corrected chi connectivity index (χ4v) is 4.66. The van der Waals surface area contributed by atoms with Crippen LogP contribution in [0, 0.1) is 5.92 Å². The number of piperidine rings is 1. The van der Waals surface area contributed by atoms with Crippen LogP contribution in [0.4, 0.5) is 5.69 Å². The van der Waals surface area contributed by atoms with Crippen molar-refractivity contribution in [3.8, 4) is 0 Å². The molecule has 1 heterocycles. The third-order valence-electron chi connectivity index (χ3n) is 4.87. The number of likely N-dealkylation sites (tertiary alicyclic amines) is 1. The molecule has 1 aromatic rings. The molecule has 1 amide bonds. The molecule has 1 aromatic carbocycles. The van der Waals surface area contributed by atoms with Gasteiger partial charge in [0, 0.05) is 18.8 Å². The molecule has 140 valence electrons. The average molecular weight is 369 g/mol. The second kappa shape index (κ2) is 8.78. The zero-order valence-corrected chi connectivity index (χ0v) is 16.2. The smallest absolute Gasteiger partial charge is 0.279 e. The highest BCUT2D eigenvalue weighted by Gasteiger charge is 2.23. The zero-order chi connectivity index (χ0) is 18.4. The number of anilines is 1. The van der Waals surface area contributed by atoms with Gasteiger partial charge in [0.15, 0.2) is 6.54 Å². The van der Waals surface area contributed by atoms with E-state index in [0.717, 1.165) is 19.0 Å². The van der Waals surface area contributed by atoms with Gasteiger partial charge in [0.25, 0.3) is 5.91 Å². The monoisotopic (exact) mass is 368 g/mol. The highest BCUT2D eigenvalue weighted by atomic mass is 32.2. The lowest BCUT2D eigenvalue weighted by Crippen LogP contribution is -3.14. The van der Waals surface area contributed by atoms with Gasteiger partial charge in [-0.05, 0) is 43.0 Å². The Kier molecular flexibility index (Phi) is 6.98. The molecule has 7 heteroatoms. The van der Waals surface area contributed by atoms with E-state index in [9.17, 15) is 13.2 Å². The van der Waals surface area contributed by atoms with Crippen molar-refractivity contribution in [2.75, 3.05) is 38.0 Å². The molecule has 1 aliphatic heterocycles. The fourth-order valence-electron chi connectivity index (χ4n) is 3.20. The molecule has 0 spiro atoms. The lowest BCUT2D eigenvalue weighted by atomic mass is 9.99. The van der Waals surface area contributed by atoms with E-state index < -0.39 is 10.0 Å². The quantitative estimate of drug-likeness (QED) is 0.753. The van der Waals surface area contributed by atoms with Crippen LogP contribution >= 0.6 is 0 Å². The van der Waals surface area contributed by atoms with Gasteiger partial charge in [0.2, 0.25) is 10.0 Å². The number of hydrogen-bond acceptors (Lipinski definition) is 3. The number of quaternary nitrogens is 1. The number of nitrogens with zero attached hydrogens (tertiary/aromatic N) is 1. The van der Waals surface area contributed by atoms with E-state index in [1.807, 2.05) is 13.8 Å². The molecule has 2 N–H and O–H groups in total. The van der Waals surface area contributed by atoms with Gasteiger partial charge in [-0.3, -0.25) is 4.79 Å². The predicted octanol–water partition coefficient (Wildman–Crippen LogP) is 0.970. The van der Waals surface area contributed by atoms with Crippen LogP contribution in [0.3, 0.4) is 0 Å². The van der Waals surface area contributed by atoms with Crippen LogP contribution in [0.2, 0.25) is 0 Å². The summed E-state index contributed by atoms with van der Waals surface area (Å²) in [6.07, 6.45) is 2.33. The lowest BCUT2D eigenvalue weighted by molar-refractivity contribution is -0.897. The van der Waals surface area contributed by atoms with Crippen LogP contribution in [0.1, 0.15) is 33.6 Å². The molecule has 1 fully saturated rings. The van der Waals surface area contributed by atoms with Crippen molar-refractivity contribution in [3.63, 3.8) is 0 Å². The van der Waals surface area contributed by atoms with Crippen molar-refractivity contribution in [1.82, 2.24) is 4.31 Å². The van der Waals surface area contributed by atoms with Crippen LogP contribution < -0.4 is 10.2 Å². The van der Waals surface area contributed by atoms with Gasteiger partial charge in [-0.1, -0.05) is 20.8 Å². The maximum absolute atomic E-state index is 12.5. The minimum Gasteiger partial charge on any atom is -0.327 e. The van der Waals surface area contributed by atoms with E-state index in [1.165, 1.54) is 22.0 Å². The maximum atomic E-state index is 12.5. The van der Waals surface area contributed by atoms with E-state index >= 15 is 0 Å². The number of nitrogens with one attached hydrogen (secondary N) is 2. The molecule has 1 aliphatic rings. The summed E-state index contributed by atoms with van der Waals surface area (Å²) in [6, 6.07) is 6.42. The molecule has 0 aliphatic carbocycles. The molecule has 0 bridgehead atoms. The molecule has 0 unspecified atom stereocenters. The maximum Gasteiger partial charge on any atom is 0.279 e. The summed E-state index contributed by atoms with van der Waals surface area (Å²) in [5.74, 6) is 0.732. The van der Waals surface area contributed by atoms with Crippen molar-refractivity contribution < 1.29 is 18.1 Å². The topological polar surface area (TPSA) is 70.9 Å². The first kappa shape index (κ1) is 19.9. The normalized spacial score (nSPS) is 21.3. The number of rotatable bonds is 7. The SMILES string of the molecule is CCN(CC)S(=O)(=O)c1ccc(NC(=O)C[NH+]2CCC(C)CC2)cc1. The van der Waals surface area contributed by atoms with Gasteiger partial charge < -0.3 is 10.2 Å². The number of benzene rings is 1.